The highest BCUT2D eigenvalue weighted by atomic mass is 19.1. The number of nitrogens with two attached hydrogens (primary N) is 1. The van der Waals surface area contributed by atoms with Crippen LogP contribution in [0.3, 0.4) is 0 Å². The van der Waals surface area contributed by atoms with Gasteiger partial charge in [0.05, 0.1) is 18.8 Å². The summed E-state index contributed by atoms with van der Waals surface area (Å²) in [5.41, 5.74) is 6.81. The van der Waals surface area contributed by atoms with Gasteiger partial charge in [0.1, 0.15) is 11.6 Å². The van der Waals surface area contributed by atoms with Gasteiger partial charge in [0.2, 0.25) is 0 Å². The van der Waals surface area contributed by atoms with Crippen molar-refractivity contribution in [3.05, 3.63) is 47.2 Å². The highest BCUT2D eigenvalue weighted by molar-refractivity contribution is 5.94. The first-order valence-electron chi connectivity index (χ1n) is 7.75. The summed E-state index contributed by atoms with van der Waals surface area (Å²) in [5.74, 6) is 0.283. The fraction of sp³-hybridized carbons (Fsp3) is 0.353. The van der Waals surface area contributed by atoms with Crippen LogP contribution in [0.1, 0.15) is 40.8 Å². The average molecular weight is 330 g/mol. The molecule has 1 aliphatic heterocycles. The molecule has 1 aliphatic rings. The van der Waals surface area contributed by atoms with Crippen LogP contribution in [0.15, 0.2) is 24.3 Å². The van der Waals surface area contributed by atoms with E-state index in [-0.39, 0.29) is 17.7 Å². The van der Waals surface area contributed by atoms with Crippen molar-refractivity contribution in [2.24, 2.45) is 0 Å². The standard InChI is InChI=1S/C17H19FN4O2/c1-10-20-13(9-16(19)21-10)14-4-3-7-22(14)17(23)11-5-6-15(24-2)12(18)8-11/h5-6,8-9,14H,3-4,7H2,1-2H3,(H2,19,20,21)/t14-/m0/s1. The highest BCUT2D eigenvalue weighted by Gasteiger charge is 2.32. The molecule has 0 unspecified atom stereocenters. The Kier molecular flexibility index (Phi) is 4.33. The highest BCUT2D eigenvalue weighted by Crippen LogP contribution is 2.33. The van der Waals surface area contributed by atoms with Gasteiger partial charge in [-0.1, -0.05) is 0 Å². The van der Waals surface area contributed by atoms with Crippen LogP contribution in [0.5, 0.6) is 5.75 Å². The van der Waals surface area contributed by atoms with Crippen LogP contribution in [0.2, 0.25) is 0 Å². The van der Waals surface area contributed by atoms with Crippen molar-refractivity contribution in [1.82, 2.24) is 14.9 Å². The Morgan fingerprint density at radius 1 is 1.38 bits per heavy atom. The third kappa shape index (κ3) is 3.02. The van der Waals surface area contributed by atoms with E-state index in [1.807, 2.05) is 0 Å². The minimum Gasteiger partial charge on any atom is -0.494 e. The van der Waals surface area contributed by atoms with E-state index in [2.05, 4.69) is 9.97 Å². The van der Waals surface area contributed by atoms with Gasteiger partial charge in [0, 0.05) is 18.2 Å². The summed E-state index contributed by atoms with van der Waals surface area (Å²) >= 11 is 0. The number of nitrogens with zero attached hydrogens (tertiary/aromatic N) is 3. The second kappa shape index (κ2) is 6.43. The zero-order chi connectivity index (χ0) is 17.3. The summed E-state index contributed by atoms with van der Waals surface area (Å²) in [6, 6.07) is 5.75. The number of hydrogen-bond donors (Lipinski definition) is 1. The van der Waals surface area contributed by atoms with Gasteiger partial charge in [-0.05, 0) is 38.0 Å². The Morgan fingerprint density at radius 3 is 2.83 bits per heavy atom. The van der Waals surface area contributed by atoms with Gasteiger partial charge in [-0.3, -0.25) is 4.79 Å². The number of halogens is 1. The number of carbonyl (C=O) groups excluding carboxylic acids is 1. The van der Waals surface area contributed by atoms with Crippen molar-refractivity contribution < 1.29 is 13.9 Å². The van der Waals surface area contributed by atoms with Crippen molar-refractivity contribution in [3.8, 4) is 5.75 Å². The fourth-order valence-corrected chi connectivity index (χ4v) is 3.07. The van der Waals surface area contributed by atoms with Gasteiger partial charge in [-0.15, -0.1) is 0 Å². The van der Waals surface area contributed by atoms with E-state index >= 15 is 0 Å². The van der Waals surface area contributed by atoms with Crippen LogP contribution < -0.4 is 10.5 Å². The lowest BCUT2D eigenvalue weighted by Crippen LogP contribution is -2.31. The van der Waals surface area contributed by atoms with E-state index in [0.29, 0.717) is 23.8 Å². The first-order chi connectivity index (χ1) is 11.5. The number of carbonyl (C=O) groups is 1. The molecule has 3 rings (SSSR count). The number of ether oxygens (including phenoxy) is 1. The lowest BCUT2D eigenvalue weighted by Gasteiger charge is -2.25. The smallest absolute Gasteiger partial charge is 0.254 e. The van der Waals surface area contributed by atoms with Crippen molar-refractivity contribution >= 4 is 11.7 Å². The molecule has 24 heavy (non-hydrogen) atoms. The second-order valence-corrected chi connectivity index (χ2v) is 5.77. The first kappa shape index (κ1) is 16.2. The second-order valence-electron chi connectivity index (χ2n) is 5.77. The largest absolute Gasteiger partial charge is 0.494 e. The zero-order valence-electron chi connectivity index (χ0n) is 13.6. The predicted molar refractivity (Wildman–Crippen MR) is 87.1 cm³/mol. The third-order valence-corrected chi connectivity index (χ3v) is 4.13. The van der Waals surface area contributed by atoms with E-state index in [9.17, 15) is 9.18 Å². The summed E-state index contributed by atoms with van der Waals surface area (Å²) in [4.78, 5) is 23.0. The van der Waals surface area contributed by atoms with Gasteiger partial charge < -0.3 is 15.4 Å². The quantitative estimate of drug-likeness (QED) is 0.935. The fourth-order valence-electron chi connectivity index (χ4n) is 3.07. The van der Waals surface area contributed by atoms with Crippen LogP contribution in [0.4, 0.5) is 10.2 Å². The summed E-state index contributed by atoms with van der Waals surface area (Å²) in [6.07, 6.45) is 1.65. The van der Waals surface area contributed by atoms with Crippen LogP contribution in [-0.4, -0.2) is 34.4 Å². The molecule has 0 radical (unpaired) electrons. The van der Waals surface area contributed by atoms with Crippen LogP contribution >= 0.6 is 0 Å². The Labute approximate surface area is 139 Å². The summed E-state index contributed by atoms with van der Waals surface area (Å²) < 4.78 is 18.8. The van der Waals surface area contributed by atoms with Crippen LogP contribution in [0, 0.1) is 12.7 Å². The number of likely N-dealkylation sites (tertiary alicyclic amines) is 1. The maximum Gasteiger partial charge on any atom is 0.254 e. The molecule has 0 saturated carbocycles. The number of hydrogen-bond acceptors (Lipinski definition) is 5. The number of aryl methyl sites for hydroxylation is 1. The molecule has 2 aromatic rings. The van der Waals surface area contributed by atoms with Crippen LogP contribution in [-0.2, 0) is 0 Å². The maximum absolute atomic E-state index is 13.9. The van der Waals surface area contributed by atoms with E-state index in [1.54, 1.807) is 24.0 Å². The Hall–Kier alpha value is -2.70. The molecule has 2 heterocycles. The molecule has 0 aliphatic carbocycles. The number of rotatable bonds is 3. The summed E-state index contributed by atoms with van der Waals surface area (Å²) in [7, 11) is 1.39. The number of amides is 1. The monoisotopic (exact) mass is 330 g/mol. The normalized spacial score (nSPS) is 17.1. The predicted octanol–water partition coefficient (Wildman–Crippen LogP) is 2.49. The number of aromatic nitrogens is 2. The van der Waals surface area contributed by atoms with E-state index in [0.717, 1.165) is 18.5 Å². The van der Waals surface area contributed by atoms with Gasteiger partial charge in [-0.2, -0.15) is 0 Å². The van der Waals surface area contributed by atoms with Gasteiger partial charge in [0.15, 0.2) is 11.6 Å². The topological polar surface area (TPSA) is 81.3 Å². The minimum absolute atomic E-state index is 0.115. The Morgan fingerprint density at radius 2 is 2.17 bits per heavy atom. The van der Waals surface area contributed by atoms with E-state index < -0.39 is 5.82 Å². The number of methoxy groups -OCH3 is 1. The van der Waals surface area contributed by atoms with Crippen molar-refractivity contribution in [2.45, 2.75) is 25.8 Å². The summed E-state index contributed by atoms with van der Waals surface area (Å²) in [6.45, 7) is 2.36. The van der Waals surface area contributed by atoms with Crippen LogP contribution in [0.25, 0.3) is 0 Å². The van der Waals surface area contributed by atoms with Crippen molar-refractivity contribution in [3.63, 3.8) is 0 Å². The number of anilines is 1. The molecule has 0 bridgehead atoms. The molecule has 1 saturated heterocycles. The van der Waals surface area contributed by atoms with Gasteiger partial charge in [0.25, 0.3) is 5.91 Å². The number of benzene rings is 1. The Bertz CT molecular complexity index is 761. The molecule has 1 amide bonds. The van der Waals surface area contributed by atoms with Crippen molar-refractivity contribution in [2.75, 3.05) is 19.4 Å². The molecule has 7 heteroatoms. The van der Waals surface area contributed by atoms with Gasteiger partial charge >= 0.3 is 0 Å². The number of nitrogen functional groups attached to an aromatic ring is 1. The molecule has 1 fully saturated rings. The van der Waals surface area contributed by atoms with E-state index in [4.69, 9.17) is 10.5 Å². The zero-order valence-corrected chi connectivity index (χ0v) is 13.6. The molecule has 2 N–H and O–H groups in total. The lowest BCUT2D eigenvalue weighted by molar-refractivity contribution is 0.0732. The molecule has 6 nitrogen and oxygen atoms in total. The van der Waals surface area contributed by atoms with Gasteiger partial charge in [-0.25, -0.2) is 14.4 Å². The molecule has 126 valence electrons. The minimum atomic E-state index is -0.554. The first-order valence-corrected chi connectivity index (χ1v) is 7.75. The van der Waals surface area contributed by atoms with E-state index in [1.165, 1.54) is 19.2 Å². The maximum atomic E-state index is 13.9. The average Bonchev–Trinajstić information content (AvgIpc) is 3.02. The molecule has 0 spiro atoms. The lowest BCUT2D eigenvalue weighted by atomic mass is 10.1. The third-order valence-electron chi connectivity index (χ3n) is 4.13. The molecule has 1 atom stereocenters. The Balaban J connectivity index is 1.89. The van der Waals surface area contributed by atoms with Crippen molar-refractivity contribution in [1.29, 1.82) is 0 Å². The molecule has 1 aromatic carbocycles. The molecular formula is C17H19FN4O2. The SMILES string of the molecule is COc1ccc(C(=O)N2CCC[C@H]2c2cc(N)nc(C)n2)cc1F. The molecular weight excluding hydrogens is 311 g/mol. The summed E-state index contributed by atoms with van der Waals surface area (Å²) in [5, 5.41) is 0. The molecule has 1 aromatic heterocycles.